The molecule has 0 amide bonds. The van der Waals surface area contributed by atoms with Gasteiger partial charge in [0.1, 0.15) is 6.04 Å². The second kappa shape index (κ2) is 12.7. The van der Waals surface area contributed by atoms with Crippen molar-refractivity contribution < 1.29 is 17.6 Å². The largest absolute Gasteiger partial charge is 0.378 e. The molecule has 39 heavy (non-hydrogen) atoms. The molecular formula is C28H42N7O3S+. The number of azo groups is 1. The molecule has 3 unspecified atom stereocenters. The van der Waals surface area contributed by atoms with Gasteiger partial charge in [-0.15, -0.1) is 9.36 Å². The molecule has 11 heteroatoms. The Bertz CT molecular complexity index is 1370. The summed E-state index contributed by atoms with van der Waals surface area (Å²) < 4.78 is 34.6. The van der Waals surface area contributed by atoms with Crippen LogP contribution in [0.1, 0.15) is 57.7 Å². The van der Waals surface area contributed by atoms with Crippen molar-refractivity contribution in [3.05, 3.63) is 60.2 Å². The molecular weight excluding hydrogens is 514 g/mol. The van der Waals surface area contributed by atoms with E-state index in [2.05, 4.69) is 47.7 Å². The molecule has 1 aliphatic rings. The fraction of sp³-hybridized carbons (Fsp3) is 0.500. The fourth-order valence-corrected chi connectivity index (χ4v) is 5.47. The summed E-state index contributed by atoms with van der Waals surface area (Å²) in [5, 5.41) is 12.7. The van der Waals surface area contributed by atoms with E-state index in [0.29, 0.717) is 23.3 Å². The molecule has 10 nitrogen and oxygen atoms in total. The summed E-state index contributed by atoms with van der Waals surface area (Å²) in [6.07, 6.45) is 3.89. The van der Waals surface area contributed by atoms with E-state index in [1.54, 1.807) is 4.68 Å². The van der Waals surface area contributed by atoms with Crippen molar-refractivity contribution in [3.8, 4) is 0 Å². The van der Waals surface area contributed by atoms with Crippen LogP contribution in [-0.2, 0) is 10.1 Å². The Kier molecular flexibility index (Phi) is 9.84. The summed E-state index contributed by atoms with van der Waals surface area (Å²) in [4.78, 5) is 1.81. The third-order valence-electron chi connectivity index (χ3n) is 7.36. The van der Waals surface area contributed by atoms with Crippen molar-refractivity contribution in [3.63, 3.8) is 0 Å². The predicted molar refractivity (Wildman–Crippen MR) is 154 cm³/mol. The lowest BCUT2D eigenvalue weighted by molar-refractivity contribution is -0.652. The van der Waals surface area contributed by atoms with Crippen LogP contribution in [-0.4, -0.2) is 36.8 Å². The second-order valence-corrected chi connectivity index (χ2v) is 12.3. The molecule has 0 aliphatic heterocycles. The van der Waals surface area contributed by atoms with E-state index >= 15 is 0 Å². The van der Waals surface area contributed by atoms with Crippen molar-refractivity contribution in [2.45, 2.75) is 64.8 Å². The molecule has 1 saturated carbocycles. The lowest BCUT2D eigenvalue weighted by atomic mass is 9.74. The van der Waals surface area contributed by atoms with Crippen LogP contribution in [0.2, 0.25) is 0 Å². The summed E-state index contributed by atoms with van der Waals surface area (Å²) >= 11 is 0. The first-order valence-electron chi connectivity index (χ1n) is 13.3. The number of benzene rings is 2. The zero-order chi connectivity index (χ0) is 28.9. The minimum absolute atomic E-state index is 0.170. The molecule has 1 heterocycles. The fourth-order valence-electron chi connectivity index (χ4n) is 4.99. The highest BCUT2D eigenvalue weighted by molar-refractivity contribution is 7.85. The van der Waals surface area contributed by atoms with E-state index in [-0.39, 0.29) is 4.90 Å². The van der Waals surface area contributed by atoms with Gasteiger partial charge in [0.05, 0.1) is 16.3 Å². The number of hydrogen-bond donors (Lipinski definition) is 2. The standard InChI is InChI=1S/C14H27N4.C14H15N3O3S/c1-9(2)13-7-6-10(3)8-14(13)18-12(5)17(15)11(4)16-18;1-17(2)13-7-3-11(4-8-13)15-16-12-5-9-14(10-6-12)21(18,19)20/h9-10,13-14H,6-8,15H2,1-5H3;3-10H,1-2H3,(H,18,19,20)/q+1;. The quantitative estimate of drug-likeness (QED) is 0.177. The van der Waals surface area contributed by atoms with Gasteiger partial charge in [0.2, 0.25) is 0 Å². The van der Waals surface area contributed by atoms with E-state index < -0.39 is 10.1 Å². The molecule has 0 bridgehead atoms. The van der Waals surface area contributed by atoms with E-state index in [9.17, 15) is 8.42 Å². The smallest absolute Gasteiger partial charge is 0.295 e. The Hall–Kier alpha value is -3.31. The summed E-state index contributed by atoms with van der Waals surface area (Å²) in [5.74, 6) is 10.2. The number of rotatable bonds is 6. The first kappa shape index (κ1) is 30.2. The van der Waals surface area contributed by atoms with Gasteiger partial charge in [0.15, 0.2) is 0 Å². The van der Waals surface area contributed by atoms with Gasteiger partial charge in [-0.25, -0.2) is 0 Å². The normalized spacial score (nSPS) is 19.7. The molecule has 4 rings (SSSR count). The van der Waals surface area contributed by atoms with Gasteiger partial charge >= 0.3 is 0 Å². The van der Waals surface area contributed by atoms with Crippen molar-refractivity contribution in [1.29, 1.82) is 0 Å². The van der Waals surface area contributed by atoms with E-state index in [0.717, 1.165) is 29.2 Å². The van der Waals surface area contributed by atoms with Gasteiger partial charge < -0.3 is 4.90 Å². The average Bonchev–Trinajstić information content (AvgIpc) is 3.14. The van der Waals surface area contributed by atoms with Crippen LogP contribution in [0.4, 0.5) is 17.1 Å². The Balaban J connectivity index is 0.000000218. The zero-order valence-electron chi connectivity index (χ0n) is 24.0. The SMILES string of the molecule is CN(C)c1ccc(N=Nc2ccc(S(=O)(=O)O)cc2)cc1.Cc1nn(C2CC(C)CCC2C(C)C)c(C)[n+]1N. The van der Waals surface area contributed by atoms with Crippen molar-refractivity contribution in [1.82, 2.24) is 9.78 Å². The van der Waals surface area contributed by atoms with Crippen LogP contribution < -0.4 is 15.4 Å². The molecule has 3 atom stereocenters. The van der Waals surface area contributed by atoms with Crippen LogP contribution in [0.15, 0.2) is 63.7 Å². The van der Waals surface area contributed by atoms with Crippen LogP contribution in [0, 0.1) is 31.6 Å². The highest BCUT2D eigenvalue weighted by Gasteiger charge is 2.38. The van der Waals surface area contributed by atoms with Gasteiger partial charge in [0.25, 0.3) is 21.8 Å². The van der Waals surface area contributed by atoms with Gasteiger partial charge in [-0.1, -0.05) is 27.2 Å². The van der Waals surface area contributed by atoms with Crippen molar-refractivity contribution in [2.75, 3.05) is 24.8 Å². The maximum absolute atomic E-state index is 10.9. The van der Waals surface area contributed by atoms with Gasteiger partial charge in [0, 0.05) is 38.7 Å². The number of nitrogens with two attached hydrogens (primary N) is 1. The maximum atomic E-state index is 10.9. The minimum atomic E-state index is -4.18. The third-order valence-corrected chi connectivity index (χ3v) is 8.23. The summed E-state index contributed by atoms with van der Waals surface area (Å²) in [5.41, 5.74) is 2.25. The Labute approximate surface area is 232 Å². The van der Waals surface area contributed by atoms with Gasteiger partial charge in [-0.3, -0.25) is 10.4 Å². The number of aryl methyl sites for hydroxylation is 1. The first-order chi connectivity index (χ1) is 18.3. The monoisotopic (exact) mass is 556 g/mol. The number of aromatic nitrogens is 3. The van der Waals surface area contributed by atoms with Crippen LogP contribution >= 0.6 is 0 Å². The molecule has 212 valence electrons. The van der Waals surface area contributed by atoms with E-state index in [4.69, 9.17) is 10.4 Å². The van der Waals surface area contributed by atoms with Crippen molar-refractivity contribution in [2.24, 2.45) is 28.0 Å². The predicted octanol–water partition coefficient (Wildman–Crippen LogP) is 5.55. The lowest BCUT2D eigenvalue weighted by Gasteiger charge is -2.34. The van der Waals surface area contributed by atoms with Crippen molar-refractivity contribution >= 4 is 27.2 Å². The first-order valence-corrected chi connectivity index (χ1v) is 14.7. The second-order valence-electron chi connectivity index (χ2n) is 10.9. The molecule has 1 fully saturated rings. The van der Waals surface area contributed by atoms with Crippen LogP contribution in [0.25, 0.3) is 0 Å². The Morgan fingerprint density at radius 3 is 2.00 bits per heavy atom. The lowest BCUT2D eigenvalue weighted by Crippen LogP contribution is -2.49. The Morgan fingerprint density at radius 2 is 1.56 bits per heavy atom. The maximum Gasteiger partial charge on any atom is 0.295 e. The highest BCUT2D eigenvalue weighted by Crippen LogP contribution is 2.40. The van der Waals surface area contributed by atoms with Crippen LogP contribution in [0.5, 0.6) is 0 Å². The molecule has 1 aliphatic carbocycles. The van der Waals surface area contributed by atoms with Gasteiger partial charge in [-0.2, -0.15) is 18.6 Å². The average molecular weight is 557 g/mol. The third kappa shape index (κ3) is 7.86. The van der Waals surface area contributed by atoms with Crippen LogP contribution in [0.3, 0.4) is 0 Å². The van der Waals surface area contributed by atoms with E-state index in [1.165, 1.54) is 43.5 Å². The molecule has 2 aromatic carbocycles. The number of hydrogen-bond acceptors (Lipinski definition) is 7. The number of nitrogens with zero attached hydrogens (tertiary/aromatic N) is 6. The highest BCUT2D eigenvalue weighted by atomic mass is 32.2. The minimum Gasteiger partial charge on any atom is -0.378 e. The van der Waals surface area contributed by atoms with Gasteiger partial charge in [-0.05, 0) is 79.1 Å². The number of nitrogen functional groups attached to an aromatic ring is 1. The summed E-state index contributed by atoms with van der Waals surface area (Å²) in [6, 6.07) is 13.5. The molecule has 0 spiro atoms. The molecule has 3 aromatic rings. The van der Waals surface area contributed by atoms with E-state index in [1.807, 2.05) is 50.2 Å². The summed E-state index contributed by atoms with van der Waals surface area (Å²) in [6.45, 7) is 11.0. The summed E-state index contributed by atoms with van der Waals surface area (Å²) in [7, 11) is -0.273. The number of anilines is 1. The Morgan fingerprint density at radius 1 is 1.03 bits per heavy atom. The molecule has 0 saturated heterocycles. The molecule has 0 radical (unpaired) electrons. The molecule has 3 N–H and O–H groups in total. The topological polar surface area (TPSA) is 130 Å². The molecule has 1 aromatic heterocycles. The zero-order valence-corrected chi connectivity index (χ0v) is 24.8.